The van der Waals surface area contributed by atoms with Crippen molar-refractivity contribution in [1.29, 1.82) is 0 Å². The van der Waals surface area contributed by atoms with Gasteiger partial charge in [-0.3, -0.25) is 9.80 Å². The Morgan fingerprint density at radius 3 is 1.46 bits per heavy atom. The van der Waals surface area contributed by atoms with E-state index < -0.39 is 8.07 Å². The minimum absolute atomic E-state index is 0.118. The fourth-order valence-corrected chi connectivity index (χ4v) is 8.10. The Kier molecular flexibility index (Phi) is 18.0. The zero-order valence-electron chi connectivity index (χ0n) is 20.6. The van der Waals surface area contributed by atoms with Gasteiger partial charge in [0.25, 0.3) is 0 Å². The number of hydrogen-bond acceptors (Lipinski definition) is 2. The summed E-state index contributed by atoms with van der Waals surface area (Å²) in [5, 5.41) is 0. The molecule has 0 aromatic carbocycles. The summed E-state index contributed by atoms with van der Waals surface area (Å²) < 4.78 is 0. The molecule has 0 aliphatic heterocycles. The van der Waals surface area contributed by atoms with Crippen molar-refractivity contribution in [3.05, 3.63) is 12.3 Å². The molecule has 28 heavy (non-hydrogen) atoms. The number of unbranched alkanes of at least 4 members (excludes halogenated alkanes) is 4. The smallest absolute Gasteiger partial charge is 0.0709 e. The number of rotatable bonds is 20. The standard InChI is InChI=1S/C24H54N2Si2/c1-8-13-18-25(19-14-9-2)24(26(20-15-10-3)21-16-11-4)27-22-17-23-28(6,7)12-5/h12,24H,5,8-11,13-23,27H2,1-4,6-7H3. The van der Waals surface area contributed by atoms with E-state index in [1.54, 1.807) is 0 Å². The molecular weight excluding hydrogens is 372 g/mol. The predicted octanol–water partition coefficient (Wildman–Crippen LogP) is 6.49. The van der Waals surface area contributed by atoms with E-state index in [-0.39, 0.29) is 9.52 Å². The Morgan fingerprint density at radius 2 is 1.14 bits per heavy atom. The van der Waals surface area contributed by atoms with E-state index in [1.807, 2.05) is 0 Å². The quantitative estimate of drug-likeness (QED) is 0.125. The van der Waals surface area contributed by atoms with E-state index in [1.165, 1.54) is 96.1 Å². The molecule has 0 spiro atoms. The van der Waals surface area contributed by atoms with Gasteiger partial charge in [0.1, 0.15) is 0 Å². The lowest BCUT2D eigenvalue weighted by molar-refractivity contribution is 0.0899. The fourth-order valence-electron chi connectivity index (χ4n) is 3.87. The van der Waals surface area contributed by atoms with Gasteiger partial charge in [-0.2, -0.15) is 0 Å². The van der Waals surface area contributed by atoms with E-state index in [2.05, 4.69) is 62.9 Å². The average molecular weight is 427 g/mol. The van der Waals surface area contributed by atoms with Crippen molar-refractivity contribution in [3.63, 3.8) is 0 Å². The third-order valence-corrected chi connectivity index (χ3v) is 11.3. The van der Waals surface area contributed by atoms with Crippen LogP contribution in [-0.4, -0.2) is 59.4 Å². The highest BCUT2D eigenvalue weighted by atomic mass is 28.3. The molecule has 0 bridgehead atoms. The van der Waals surface area contributed by atoms with Crippen LogP contribution in [0.25, 0.3) is 0 Å². The van der Waals surface area contributed by atoms with Crippen molar-refractivity contribution in [2.75, 3.05) is 26.2 Å². The molecular formula is C24H54N2Si2. The van der Waals surface area contributed by atoms with Crippen LogP contribution in [0.1, 0.15) is 85.5 Å². The summed E-state index contributed by atoms with van der Waals surface area (Å²) in [6.07, 6.45) is 12.2. The van der Waals surface area contributed by atoms with Crippen LogP contribution in [-0.2, 0) is 0 Å². The van der Waals surface area contributed by atoms with Crippen molar-refractivity contribution >= 4 is 17.6 Å². The molecule has 0 fully saturated rings. The summed E-state index contributed by atoms with van der Waals surface area (Å²) >= 11 is 0. The molecule has 0 unspecified atom stereocenters. The number of hydrogen-bond donors (Lipinski definition) is 0. The summed E-state index contributed by atoms with van der Waals surface area (Å²) in [5.41, 5.74) is 2.29. The Balaban J connectivity index is 5.15. The molecule has 0 atom stereocenters. The van der Waals surface area contributed by atoms with Gasteiger partial charge in [0.05, 0.1) is 17.6 Å². The van der Waals surface area contributed by atoms with Crippen LogP contribution in [0, 0.1) is 0 Å². The largest absolute Gasteiger partial charge is 0.291 e. The SMILES string of the molecule is C=C[Si](C)(C)CCC[SiH2]C(N(CCCC)CCCC)N(CCCC)CCCC. The van der Waals surface area contributed by atoms with Gasteiger partial charge in [-0.05, 0) is 51.9 Å². The molecule has 0 amide bonds. The van der Waals surface area contributed by atoms with Crippen molar-refractivity contribution in [1.82, 2.24) is 9.80 Å². The third-order valence-electron chi connectivity index (χ3n) is 6.12. The Labute approximate surface area is 182 Å². The monoisotopic (exact) mass is 426 g/mol. The molecule has 0 N–H and O–H groups in total. The van der Waals surface area contributed by atoms with Crippen molar-refractivity contribution in [2.45, 2.75) is 116 Å². The topological polar surface area (TPSA) is 6.48 Å². The van der Waals surface area contributed by atoms with Gasteiger partial charge in [-0.15, -0.1) is 12.3 Å². The van der Waals surface area contributed by atoms with Crippen molar-refractivity contribution in [3.8, 4) is 0 Å². The first-order valence-electron chi connectivity index (χ1n) is 12.6. The lowest BCUT2D eigenvalue weighted by Gasteiger charge is -2.40. The van der Waals surface area contributed by atoms with E-state index >= 15 is 0 Å². The normalized spacial score (nSPS) is 12.9. The van der Waals surface area contributed by atoms with Crippen molar-refractivity contribution < 1.29 is 0 Å². The zero-order valence-corrected chi connectivity index (χ0v) is 23.0. The second kappa shape index (κ2) is 17.9. The summed E-state index contributed by atoms with van der Waals surface area (Å²) in [6, 6.07) is 2.95. The number of nitrogens with zero attached hydrogens (tertiary/aromatic N) is 2. The molecule has 2 nitrogen and oxygen atoms in total. The van der Waals surface area contributed by atoms with Crippen LogP contribution in [0.15, 0.2) is 12.3 Å². The molecule has 0 aliphatic carbocycles. The maximum absolute atomic E-state index is 4.09. The first-order chi connectivity index (χ1) is 13.5. The minimum atomic E-state index is -1.13. The highest BCUT2D eigenvalue weighted by molar-refractivity contribution is 6.82. The van der Waals surface area contributed by atoms with Gasteiger partial charge in [0, 0.05) is 5.79 Å². The van der Waals surface area contributed by atoms with E-state index in [4.69, 9.17) is 0 Å². The van der Waals surface area contributed by atoms with Gasteiger partial charge in [0.2, 0.25) is 0 Å². The van der Waals surface area contributed by atoms with Crippen LogP contribution in [0.3, 0.4) is 0 Å². The minimum Gasteiger partial charge on any atom is -0.291 e. The fraction of sp³-hybridized carbons (Fsp3) is 0.917. The van der Waals surface area contributed by atoms with E-state index in [0.717, 1.165) is 5.79 Å². The lowest BCUT2D eigenvalue weighted by atomic mass is 10.2. The lowest BCUT2D eigenvalue weighted by Crippen LogP contribution is -2.53. The second-order valence-corrected chi connectivity index (χ2v) is 16.3. The van der Waals surface area contributed by atoms with Crippen molar-refractivity contribution in [2.24, 2.45) is 0 Å². The van der Waals surface area contributed by atoms with Crippen LogP contribution < -0.4 is 0 Å². The second-order valence-electron chi connectivity index (χ2n) is 9.41. The molecule has 0 aliphatic rings. The highest BCUT2D eigenvalue weighted by Crippen LogP contribution is 2.18. The summed E-state index contributed by atoms with van der Waals surface area (Å²) in [6.45, 7) is 23.7. The van der Waals surface area contributed by atoms with Gasteiger partial charge in [-0.1, -0.05) is 85.0 Å². The maximum atomic E-state index is 4.09. The molecule has 0 radical (unpaired) electrons. The average Bonchev–Trinajstić information content (AvgIpc) is 2.69. The molecule has 0 aromatic heterocycles. The molecule has 0 saturated heterocycles. The van der Waals surface area contributed by atoms with Gasteiger partial charge in [0.15, 0.2) is 0 Å². The Bertz CT molecular complexity index is 325. The molecule has 168 valence electrons. The molecule has 0 heterocycles. The van der Waals surface area contributed by atoms with Gasteiger partial charge >= 0.3 is 0 Å². The van der Waals surface area contributed by atoms with E-state index in [0.29, 0.717) is 0 Å². The predicted molar refractivity (Wildman–Crippen MR) is 137 cm³/mol. The first kappa shape index (κ1) is 28.1. The van der Waals surface area contributed by atoms with E-state index in [9.17, 15) is 0 Å². The van der Waals surface area contributed by atoms with Gasteiger partial charge in [-0.25, -0.2) is 0 Å². The molecule has 4 heteroatoms. The van der Waals surface area contributed by atoms with Crippen LogP contribution in [0.4, 0.5) is 0 Å². The summed E-state index contributed by atoms with van der Waals surface area (Å²) in [4.78, 5) is 5.83. The van der Waals surface area contributed by atoms with Gasteiger partial charge < -0.3 is 0 Å². The highest BCUT2D eigenvalue weighted by Gasteiger charge is 2.24. The summed E-state index contributed by atoms with van der Waals surface area (Å²) in [5.74, 6) is 0.796. The van der Waals surface area contributed by atoms with Crippen LogP contribution in [0.2, 0.25) is 25.2 Å². The third kappa shape index (κ3) is 13.3. The Morgan fingerprint density at radius 1 is 0.750 bits per heavy atom. The van der Waals surface area contributed by atoms with Crippen LogP contribution in [0.5, 0.6) is 0 Å². The molecule has 0 rings (SSSR count). The summed E-state index contributed by atoms with van der Waals surface area (Å²) in [7, 11) is -1.25. The maximum Gasteiger partial charge on any atom is 0.0709 e. The Hall–Kier alpha value is 0.0938. The first-order valence-corrected chi connectivity index (χ1v) is 17.7. The molecule has 0 aromatic rings. The molecule has 0 saturated carbocycles. The zero-order chi connectivity index (χ0) is 21.3. The van der Waals surface area contributed by atoms with Crippen LogP contribution >= 0.6 is 0 Å².